The first-order valence-corrected chi connectivity index (χ1v) is 7.32. The summed E-state index contributed by atoms with van der Waals surface area (Å²) in [5.41, 5.74) is 0. The zero-order chi connectivity index (χ0) is 11.2. The standard InChI is InChI=1S/C14H21N3/c1-2-4-10(3-1)13-15-14(17-16-13)12-8-9-5-6-11(12)7-9/h9-12H,1-8H2,(H,15,16,17). The van der Waals surface area contributed by atoms with E-state index in [1.54, 1.807) is 0 Å². The van der Waals surface area contributed by atoms with E-state index in [1.165, 1.54) is 57.2 Å². The lowest BCUT2D eigenvalue weighted by Crippen LogP contribution is -2.10. The molecule has 17 heavy (non-hydrogen) atoms. The molecule has 3 saturated carbocycles. The van der Waals surface area contributed by atoms with Crippen molar-refractivity contribution in [2.75, 3.05) is 0 Å². The van der Waals surface area contributed by atoms with Gasteiger partial charge in [-0.15, -0.1) is 0 Å². The van der Waals surface area contributed by atoms with Crippen molar-refractivity contribution in [3.8, 4) is 0 Å². The Bertz CT molecular complexity index is 405. The zero-order valence-corrected chi connectivity index (χ0v) is 10.4. The second kappa shape index (κ2) is 3.82. The monoisotopic (exact) mass is 231 g/mol. The van der Waals surface area contributed by atoms with Gasteiger partial charge in [0.25, 0.3) is 0 Å². The molecule has 0 amide bonds. The molecular weight excluding hydrogens is 210 g/mol. The molecule has 3 fully saturated rings. The van der Waals surface area contributed by atoms with Gasteiger partial charge in [0.05, 0.1) is 0 Å². The fourth-order valence-corrected chi connectivity index (χ4v) is 4.40. The summed E-state index contributed by atoms with van der Waals surface area (Å²) in [6, 6.07) is 0. The smallest absolute Gasteiger partial charge is 0.153 e. The Morgan fingerprint density at radius 1 is 1.00 bits per heavy atom. The van der Waals surface area contributed by atoms with Gasteiger partial charge in [0.1, 0.15) is 5.82 Å². The topological polar surface area (TPSA) is 41.6 Å². The van der Waals surface area contributed by atoms with Gasteiger partial charge in [-0.1, -0.05) is 19.3 Å². The molecule has 0 saturated heterocycles. The van der Waals surface area contributed by atoms with E-state index in [0.717, 1.165) is 17.7 Å². The Labute approximate surface area is 102 Å². The number of rotatable bonds is 2. The van der Waals surface area contributed by atoms with Crippen LogP contribution in [-0.2, 0) is 0 Å². The molecule has 1 aromatic rings. The summed E-state index contributed by atoms with van der Waals surface area (Å²) >= 11 is 0. The maximum Gasteiger partial charge on any atom is 0.153 e. The Hall–Kier alpha value is -0.860. The molecule has 0 aromatic carbocycles. The van der Waals surface area contributed by atoms with E-state index in [9.17, 15) is 0 Å². The van der Waals surface area contributed by atoms with Crippen LogP contribution < -0.4 is 0 Å². The van der Waals surface area contributed by atoms with Crippen LogP contribution in [0.4, 0.5) is 0 Å². The summed E-state index contributed by atoms with van der Waals surface area (Å²) in [6.07, 6.45) is 11.0. The van der Waals surface area contributed by atoms with E-state index >= 15 is 0 Å². The average Bonchev–Trinajstić information content (AvgIpc) is 3.12. The van der Waals surface area contributed by atoms with E-state index in [1.807, 2.05) is 0 Å². The third-order valence-corrected chi connectivity index (χ3v) is 5.33. The second-order valence-electron chi connectivity index (χ2n) is 6.34. The lowest BCUT2D eigenvalue weighted by Gasteiger charge is -2.18. The van der Waals surface area contributed by atoms with E-state index in [0.29, 0.717) is 11.8 Å². The minimum atomic E-state index is 0.651. The number of nitrogens with zero attached hydrogens (tertiary/aromatic N) is 2. The van der Waals surface area contributed by atoms with Crippen LogP contribution in [0.2, 0.25) is 0 Å². The predicted molar refractivity (Wildman–Crippen MR) is 65.8 cm³/mol. The van der Waals surface area contributed by atoms with Crippen LogP contribution in [0.3, 0.4) is 0 Å². The molecule has 0 aliphatic heterocycles. The highest BCUT2D eigenvalue weighted by atomic mass is 15.2. The lowest BCUT2D eigenvalue weighted by molar-refractivity contribution is 0.406. The van der Waals surface area contributed by atoms with E-state index < -0.39 is 0 Å². The summed E-state index contributed by atoms with van der Waals surface area (Å²) in [6.45, 7) is 0. The Balaban J connectivity index is 1.54. The van der Waals surface area contributed by atoms with Gasteiger partial charge in [-0.05, 0) is 43.9 Å². The van der Waals surface area contributed by atoms with Crippen LogP contribution >= 0.6 is 0 Å². The molecule has 3 aliphatic carbocycles. The minimum Gasteiger partial charge on any atom is -0.263 e. The molecule has 3 nitrogen and oxygen atoms in total. The number of hydrogen-bond acceptors (Lipinski definition) is 2. The molecule has 2 bridgehead atoms. The summed E-state index contributed by atoms with van der Waals surface area (Å²) < 4.78 is 0. The van der Waals surface area contributed by atoms with Crippen molar-refractivity contribution < 1.29 is 0 Å². The molecule has 1 N–H and O–H groups in total. The normalized spacial score (nSPS) is 37.1. The van der Waals surface area contributed by atoms with Crippen LogP contribution in [0.5, 0.6) is 0 Å². The van der Waals surface area contributed by atoms with Gasteiger partial charge in [0.15, 0.2) is 5.82 Å². The minimum absolute atomic E-state index is 0.651. The SMILES string of the molecule is C1CCC(c2n[nH]c(C3CC4CCC3C4)n2)C1. The van der Waals surface area contributed by atoms with Gasteiger partial charge in [-0.3, -0.25) is 5.10 Å². The molecule has 1 heterocycles. The van der Waals surface area contributed by atoms with Crippen LogP contribution in [0.1, 0.15) is 74.9 Å². The van der Waals surface area contributed by atoms with Crippen molar-refractivity contribution in [2.45, 2.75) is 63.2 Å². The highest BCUT2D eigenvalue weighted by Gasteiger charge is 2.41. The zero-order valence-electron chi connectivity index (χ0n) is 10.4. The van der Waals surface area contributed by atoms with Gasteiger partial charge in [0, 0.05) is 11.8 Å². The molecule has 0 spiro atoms. The van der Waals surface area contributed by atoms with Crippen molar-refractivity contribution in [3.05, 3.63) is 11.6 Å². The van der Waals surface area contributed by atoms with Crippen LogP contribution in [0.15, 0.2) is 0 Å². The van der Waals surface area contributed by atoms with Gasteiger partial charge < -0.3 is 0 Å². The van der Waals surface area contributed by atoms with Crippen molar-refractivity contribution in [2.24, 2.45) is 11.8 Å². The number of H-pyrrole nitrogens is 1. The van der Waals surface area contributed by atoms with E-state index in [2.05, 4.69) is 10.2 Å². The third kappa shape index (κ3) is 1.62. The first-order chi connectivity index (χ1) is 8.40. The number of aromatic amines is 1. The maximum atomic E-state index is 4.83. The fourth-order valence-electron chi connectivity index (χ4n) is 4.40. The van der Waals surface area contributed by atoms with Gasteiger partial charge in [0.2, 0.25) is 0 Å². The number of hydrogen-bond donors (Lipinski definition) is 1. The quantitative estimate of drug-likeness (QED) is 0.848. The van der Waals surface area contributed by atoms with Crippen molar-refractivity contribution in [3.63, 3.8) is 0 Å². The molecule has 92 valence electrons. The fraction of sp³-hybridized carbons (Fsp3) is 0.857. The molecule has 3 heteroatoms. The number of nitrogens with one attached hydrogen (secondary N) is 1. The summed E-state index contributed by atoms with van der Waals surface area (Å²) in [5, 5.41) is 7.74. The Morgan fingerprint density at radius 3 is 2.59 bits per heavy atom. The summed E-state index contributed by atoms with van der Waals surface area (Å²) in [7, 11) is 0. The van der Waals surface area contributed by atoms with Crippen LogP contribution in [0, 0.1) is 11.8 Å². The molecule has 4 rings (SSSR count). The maximum absolute atomic E-state index is 4.83. The largest absolute Gasteiger partial charge is 0.263 e. The third-order valence-electron chi connectivity index (χ3n) is 5.33. The Morgan fingerprint density at radius 2 is 1.88 bits per heavy atom. The summed E-state index contributed by atoms with van der Waals surface area (Å²) in [4.78, 5) is 4.83. The molecule has 1 aromatic heterocycles. The highest BCUT2D eigenvalue weighted by Crippen LogP contribution is 2.52. The molecule has 0 radical (unpaired) electrons. The van der Waals surface area contributed by atoms with Gasteiger partial charge in [-0.25, -0.2) is 4.98 Å². The van der Waals surface area contributed by atoms with Gasteiger partial charge >= 0.3 is 0 Å². The van der Waals surface area contributed by atoms with Crippen molar-refractivity contribution in [1.29, 1.82) is 0 Å². The van der Waals surface area contributed by atoms with E-state index in [-0.39, 0.29) is 0 Å². The number of aromatic nitrogens is 3. The van der Waals surface area contributed by atoms with Crippen LogP contribution in [-0.4, -0.2) is 15.2 Å². The Kier molecular flexibility index (Phi) is 2.27. The molecule has 3 aliphatic rings. The second-order valence-corrected chi connectivity index (χ2v) is 6.34. The first kappa shape index (κ1) is 10.1. The molecule has 3 unspecified atom stereocenters. The van der Waals surface area contributed by atoms with Gasteiger partial charge in [-0.2, -0.15) is 5.10 Å². The predicted octanol–water partition coefficient (Wildman–Crippen LogP) is 3.37. The van der Waals surface area contributed by atoms with Crippen molar-refractivity contribution >= 4 is 0 Å². The lowest BCUT2D eigenvalue weighted by atomic mass is 9.88. The van der Waals surface area contributed by atoms with E-state index in [4.69, 9.17) is 4.98 Å². The molecule has 3 atom stereocenters. The highest BCUT2D eigenvalue weighted by molar-refractivity contribution is 5.09. The number of fused-ring (bicyclic) bond motifs is 2. The first-order valence-electron chi connectivity index (χ1n) is 7.32. The average molecular weight is 231 g/mol. The van der Waals surface area contributed by atoms with Crippen LogP contribution in [0.25, 0.3) is 0 Å². The van der Waals surface area contributed by atoms with Crippen molar-refractivity contribution in [1.82, 2.24) is 15.2 Å². The summed E-state index contributed by atoms with van der Waals surface area (Å²) in [5.74, 6) is 5.57. The molecular formula is C14H21N3.